The molecule has 2 rings (SSSR count). The number of amides is 2. The molecule has 1 aromatic carbocycles. The number of carbonyl (C=O) groups excluding carboxylic acids is 3. The zero-order chi connectivity index (χ0) is 21.7. The first-order chi connectivity index (χ1) is 13.6. The van der Waals surface area contributed by atoms with Crippen molar-refractivity contribution < 1.29 is 19.1 Å². The molecule has 2 aromatic rings. The van der Waals surface area contributed by atoms with Crippen LogP contribution in [0, 0.1) is 34.6 Å². The van der Waals surface area contributed by atoms with Gasteiger partial charge in [0.05, 0.1) is 18.7 Å². The third-order valence-corrected chi connectivity index (χ3v) is 4.73. The molecule has 2 amide bonds. The Hall–Kier alpha value is -3.16. The summed E-state index contributed by atoms with van der Waals surface area (Å²) in [6.07, 6.45) is 0.0469. The van der Waals surface area contributed by atoms with E-state index in [4.69, 9.17) is 4.74 Å². The van der Waals surface area contributed by atoms with E-state index in [1.807, 2.05) is 46.8 Å². The minimum Gasteiger partial charge on any atom is -0.455 e. The molecule has 0 fully saturated rings. The van der Waals surface area contributed by atoms with Gasteiger partial charge in [-0.15, -0.1) is 0 Å². The Morgan fingerprint density at radius 2 is 1.66 bits per heavy atom. The lowest BCUT2D eigenvalue weighted by atomic mass is 10.1. The highest BCUT2D eigenvalue weighted by molar-refractivity contribution is 5.96. The molecule has 0 atom stereocenters. The van der Waals surface area contributed by atoms with Crippen molar-refractivity contribution in [3.8, 4) is 0 Å². The summed E-state index contributed by atoms with van der Waals surface area (Å²) in [5, 5.41) is 9.50. The second-order valence-corrected chi connectivity index (χ2v) is 7.21. The minimum atomic E-state index is -0.537. The highest BCUT2D eigenvalue weighted by Crippen LogP contribution is 2.21. The number of benzene rings is 1. The summed E-state index contributed by atoms with van der Waals surface area (Å²) >= 11 is 0. The van der Waals surface area contributed by atoms with Crippen LogP contribution in [0.25, 0.3) is 0 Å². The Morgan fingerprint density at radius 1 is 1.03 bits per heavy atom. The number of esters is 1. The molecule has 8 heteroatoms. The van der Waals surface area contributed by atoms with E-state index in [-0.39, 0.29) is 18.9 Å². The van der Waals surface area contributed by atoms with Gasteiger partial charge in [-0.2, -0.15) is 5.10 Å². The molecule has 0 bridgehead atoms. The fourth-order valence-electron chi connectivity index (χ4n) is 3.21. The van der Waals surface area contributed by atoms with Crippen molar-refractivity contribution in [2.24, 2.45) is 7.05 Å². The van der Waals surface area contributed by atoms with Crippen molar-refractivity contribution in [1.82, 2.24) is 15.1 Å². The van der Waals surface area contributed by atoms with E-state index in [0.717, 1.165) is 39.3 Å². The van der Waals surface area contributed by atoms with Gasteiger partial charge in [0.1, 0.15) is 0 Å². The minimum absolute atomic E-state index is 0.0469. The third-order valence-electron chi connectivity index (χ3n) is 4.73. The molecule has 0 radical (unpaired) electrons. The van der Waals surface area contributed by atoms with E-state index < -0.39 is 18.5 Å². The van der Waals surface area contributed by atoms with Gasteiger partial charge in [-0.05, 0) is 45.7 Å². The summed E-state index contributed by atoms with van der Waals surface area (Å²) in [7, 11) is 1.80. The maximum atomic E-state index is 12.1. The van der Waals surface area contributed by atoms with Gasteiger partial charge >= 0.3 is 5.97 Å². The van der Waals surface area contributed by atoms with E-state index >= 15 is 0 Å². The second kappa shape index (κ2) is 9.36. The molecule has 0 aliphatic carbocycles. The van der Waals surface area contributed by atoms with E-state index in [2.05, 4.69) is 15.7 Å². The zero-order valence-corrected chi connectivity index (χ0v) is 17.8. The molecule has 156 valence electrons. The standard InChI is InChI=1S/C21H28N4O4/c1-12-7-13(2)21(14(3)8-12)23-18(26)10-22-19(27)11-29-20(28)9-17-15(4)24-25(6)16(17)5/h7-8H,9-11H2,1-6H3,(H,22,27)(H,23,26). The SMILES string of the molecule is Cc1cc(C)c(NC(=O)CNC(=O)COC(=O)Cc2c(C)nn(C)c2C)c(C)c1. The molecule has 8 nitrogen and oxygen atoms in total. The van der Waals surface area contributed by atoms with Crippen LogP contribution in [0.15, 0.2) is 12.1 Å². The quantitative estimate of drug-likeness (QED) is 0.690. The van der Waals surface area contributed by atoms with Crippen LogP contribution in [-0.2, 0) is 32.6 Å². The topological polar surface area (TPSA) is 102 Å². The van der Waals surface area contributed by atoms with Gasteiger partial charge in [0.2, 0.25) is 5.91 Å². The number of nitrogens with one attached hydrogen (secondary N) is 2. The molecule has 0 aliphatic rings. The normalized spacial score (nSPS) is 10.6. The second-order valence-electron chi connectivity index (χ2n) is 7.21. The molecule has 29 heavy (non-hydrogen) atoms. The number of nitrogens with zero attached hydrogens (tertiary/aromatic N) is 2. The van der Waals surface area contributed by atoms with Crippen molar-refractivity contribution in [1.29, 1.82) is 0 Å². The molecule has 0 spiro atoms. The number of hydrogen-bond acceptors (Lipinski definition) is 5. The third kappa shape index (κ3) is 5.91. The lowest BCUT2D eigenvalue weighted by molar-refractivity contribution is -0.147. The molecule has 2 N–H and O–H groups in total. The maximum absolute atomic E-state index is 12.1. The number of aromatic nitrogens is 2. The largest absolute Gasteiger partial charge is 0.455 e. The molecule has 0 unspecified atom stereocenters. The summed E-state index contributed by atoms with van der Waals surface area (Å²) in [6.45, 7) is 8.86. The average molecular weight is 400 g/mol. The fourth-order valence-corrected chi connectivity index (χ4v) is 3.21. The lowest BCUT2D eigenvalue weighted by Crippen LogP contribution is -2.36. The Morgan fingerprint density at radius 3 is 2.21 bits per heavy atom. The van der Waals surface area contributed by atoms with Gasteiger partial charge in [0.25, 0.3) is 5.91 Å². The molecule has 0 saturated carbocycles. The van der Waals surface area contributed by atoms with Gasteiger partial charge in [0, 0.05) is 24.0 Å². The number of rotatable bonds is 7. The number of hydrogen-bond donors (Lipinski definition) is 2. The summed E-state index contributed by atoms with van der Waals surface area (Å²) in [5.41, 5.74) is 6.19. The van der Waals surface area contributed by atoms with Crippen molar-refractivity contribution in [2.45, 2.75) is 41.0 Å². The first-order valence-corrected chi connectivity index (χ1v) is 9.37. The number of carbonyl (C=O) groups is 3. The molecular weight excluding hydrogens is 372 g/mol. The van der Waals surface area contributed by atoms with Crippen LogP contribution in [0.4, 0.5) is 5.69 Å². The molecule has 0 aliphatic heterocycles. The zero-order valence-electron chi connectivity index (χ0n) is 17.8. The Balaban J connectivity index is 1.78. The van der Waals surface area contributed by atoms with Gasteiger partial charge in [0.15, 0.2) is 6.61 Å². The Bertz CT molecular complexity index is 923. The smallest absolute Gasteiger partial charge is 0.310 e. The van der Waals surface area contributed by atoms with Crippen molar-refractivity contribution in [2.75, 3.05) is 18.5 Å². The van der Waals surface area contributed by atoms with Crippen LogP contribution in [-0.4, -0.2) is 40.7 Å². The monoisotopic (exact) mass is 400 g/mol. The maximum Gasteiger partial charge on any atom is 0.310 e. The van der Waals surface area contributed by atoms with E-state index in [1.165, 1.54) is 0 Å². The van der Waals surface area contributed by atoms with Crippen LogP contribution in [0.2, 0.25) is 0 Å². The Labute approximate surface area is 170 Å². The van der Waals surface area contributed by atoms with E-state index in [1.54, 1.807) is 11.7 Å². The Kier molecular flexibility index (Phi) is 7.14. The summed E-state index contributed by atoms with van der Waals surface area (Å²) in [6, 6.07) is 3.96. The van der Waals surface area contributed by atoms with Crippen molar-refractivity contribution in [3.05, 3.63) is 45.8 Å². The van der Waals surface area contributed by atoms with Crippen molar-refractivity contribution in [3.63, 3.8) is 0 Å². The first kappa shape index (κ1) is 22.1. The van der Waals surface area contributed by atoms with Gasteiger partial charge in [-0.25, -0.2) is 0 Å². The van der Waals surface area contributed by atoms with Gasteiger partial charge in [-0.1, -0.05) is 17.7 Å². The van der Waals surface area contributed by atoms with E-state index in [0.29, 0.717) is 0 Å². The fraction of sp³-hybridized carbons (Fsp3) is 0.429. The predicted molar refractivity (Wildman–Crippen MR) is 110 cm³/mol. The van der Waals surface area contributed by atoms with Crippen LogP contribution in [0.5, 0.6) is 0 Å². The highest BCUT2D eigenvalue weighted by Gasteiger charge is 2.16. The van der Waals surface area contributed by atoms with Crippen LogP contribution >= 0.6 is 0 Å². The predicted octanol–water partition coefficient (Wildman–Crippen LogP) is 1.80. The number of ether oxygens (including phenoxy) is 1. The molecular formula is C21H28N4O4. The average Bonchev–Trinajstić information content (AvgIpc) is 2.87. The van der Waals surface area contributed by atoms with Crippen LogP contribution in [0.1, 0.15) is 33.6 Å². The lowest BCUT2D eigenvalue weighted by Gasteiger charge is -2.13. The molecule has 1 heterocycles. The number of aryl methyl sites for hydroxylation is 5. The summed E-state index contributed by atoms with van der Waals surface area (Å²) in [5.74, 6) is -1.40. The van der Waals surface area contributed by atoms with Gasteiger partial charge < -0.3 is 15.4 Å². The van der Waals surface area contributed by atoms with Crippen molar-refractivity contribution >= 4 is 23.5 Å². The van der Waals surface area contributed by atoms with E-state index in [9.17, 15) is 14.4 Å². The van der Waals surface area contributed by atoms with Crippen LogP contribution in [0.3, 0.4) is 0 Å². The van der Waals surface area contributed by atoms with Crippen LogP contribution < -0.4 is 10.6 Å². The first-order valence-electron chi connectivity index (χ1n) is 9.37. The highest BCUT2D eigenvalue weighted by atomic mass is 16.5. The molecule has 1 aromatic heterocycles. The summed E-state index contributed by atoms with van der Waals surface area (Å²) in [4.78, 5) is 36.0. The summed E-state index contributed by atoms with van der Waals surface area (Å²) < 4.78 is 6.70. The number of anilines is 1. The molecule has 0 saturated heterocycles. The van der Waals surface area contributed by atoms with Gasteiger partial charge in [-0.3, -0.25) is 19.1 Å².